The van der Waals surface area contributed by atoms with Gasteiger partial charge >= 0.3 is 0 Å². The molecule has 4 heteroatoms. The van der Waals surface area contributed by atoms with Crippen molar-refractivity contribution < 1.29 is 9.47 Å². The first-order valence-corrected chi connectivity index (χ1v) is 6.97. The van der Waals surface area contributed by atoms with Gasteiger partial charge in [0.25, 0.3) is 0 Å². The second-order valence-corrected chi connectivity index (χ2v) is 5.33. The van der Waals surface area contributed by atoms with Crippen molar-refractivity contribution in [2.45, 2.75) is 32.2 Å². The summed E-state index contributed by atoms with van der Waals surface area (Å²) in [4.78, 5) is 2.81. The predicted octanol–water partition coefficient (Wildman–Crippen LogP) is 2.23. The average molecular weight is 257 g/mol. The zero-order chi connectivity index (χ0) is 12.5. The van der Waals surface area contributed by atoms with Crippen molar-refractivity contribution in [1.82, 2.24) is 0 Å². The van der Waals surface area contributed by atoms with Crippen LogP contribution in [0, 0.1) is 0 Å². The van der Waals surface area contributed by atoms with Crippen molar-refractivity contribution in [3.8, 4) is 0 Å². The standard InChI is InChI=1S/C13H23NO2S/c1-3-12-4-5-13(17-12)10-11(14)6-7-16-9-8-15-2/h4-5,11H,3,6-10,14H2,1-2H3. The first kappa shape index (κ1) is 14.6. The molecular weight excluding hydrogens is 234 g/mol. The minimum absolute atomic E-state index is 0.195. The van der Waals surface area contributed by atoms with E-state index in [1.165, 1.54) is 9.75 Å². The summed E-state index contributed by atoms with van der Waals surface area (Å²) < 4.78 is 10.3. The molecule has 17 heavy (non-hydrogen) atoms. The Morgan fingerprint density at radius 2 is 2.00 bits per heavy atom. The summed E-state index contributed by atoms with van der Waals surface area (Å²) in [7, 11) is 1.68. The highest BCUT2D eigenvalue weighted by atomic mass is 32.1. The molecule has 0 aliphatic heterocycles. The molecule has 1 rings (SSSR count). The Hall–Kier alpha value is -0.420. The van der Waals surface area contributed by atoms with Crippen LogP contribution >= 0.6 is 11.3 Å². The van der Waals surface area contributed by atoms with Crippen molar-refractivity contribution in [3.63, 3.8) is 0 Å². The van der Waals surface area contributed by atoms with Crippen molar-refractivity contribution >= 4 is 11.3 Å². The van der Waals surface area contributed by atoms with Gasteiger partial charge < -0.3 is 15.2 Å². The van der Waals surface area contributed by atoms with Crippen LogP contribution in [0.25, 0.3) is 0 Å². The lowest BCUT2D eigenvalue weighted by Gasteiger charge is -2.10. The number of hydrogen-bond donors (Lipinski definition) is 1. The minimum atomic E-state index is 0.195. The molecule has 1 aromatic heterocycles. The van der Waals surface area contributed by atoms with E-state index in [9.17, 15) is 0 Å². The molecule has 98 valence electrons. The van der Waals surface area contributed by atoms with Crippen LogP contribution in [0.2, 0.25) is 0 Å². The van der Waals surface area contributed by atoms with E-state index >= 15 is 0 Å². The highest BCUT2D eigenvalue weighted by molar-refractivity contribution is 7.11. The molecule has 0 aromatic carbocycles. The first-order valence-electron chi connectivity index (χ1n) is 6.16. The number of rotatable bonds is 9. The molecule has 3 nitrogen and oxygen atoms in total. The molecule has 0 fully saturated rings. The molecule has 0 amide bonds. The van der Waals surface area contributed by atoms with Crippen LogP contribution in [0.15, 0.2) is 12.1 Å². The van der Waals surface area contributed by atoms with Gasteiger partial charge in [0.15, 0.2) is 0 Å². The summed E-state index contributed by atoms with van der Waals surface area (Å²) in [5, 5.41) is 0. The Labute approximate surface area is 108 Å². The maximum Gasteiger partial charge on any atom is 0.0700 e. The van der Waals surface area contributed by atoms with Gasteiger partial charge in [0, 0.05) is 29.5 Å². The van der Waals surface area contributed by atoms with Gasteiger partial charge in [-0.15, -0.1) is 11.3 Å². The maximum absolute atomic E-state index is 6.07. The molecule has 1 heterocycles. The predicted molar refractivity (Wildman–Crippen MR) is 72.7 cm³/mol. The van der Waals surface area contributed by atoms with E-state index < -0.39 is 0 Å². The summed E-state index contributed by atoms with van der Waals surface area (Å²) in [6.07, 6.45) is 2.97. The summed E-state index contributed by atoms with van der Waals surface area (Å²) in [5.74, 6) is 0. The normalized spacial score (nSPS) is 12.9. The number of methoxy groups -OCH3 is 1. The van der Waals surface area contributed by atoms with Gasteiger partial charge in [-0.2, -0.15) is 0 Å². The third kappa shape index (κ3) is 6.17. The first-order chi connectivity index (χ1) is 8.26. The van der Waals surface area contributed by atoms with E-state index in [1.807, 2.05) is 11.3 Å². The summed E-state index contributed by atoms with van der Waals surface area (Å²) in [5.41, 5.74) is 6.07. The molecular formula is C13H23NO2S. The Bertz CT molecular complexity index is 301. The second kappa shape index (κ2) is 8.64. The van der Waals surface area contributed by atoms with Crippen LogP contribution in [0.5, 0.6) is 0 Å². The lowest BCUT2D eigenvalue weighted by atomic mass is 10.1. The van der Waals surface area contributed by atoms with Crippen molar-refractivity contribution in [1.29, 1.82) is 0 Å². The average Bonchev–Trinajstić information content (AvgIpc) is 2.76. The van der Waals surface area contributed by atoms with E-state index in [0.29, 0.717) is 13.2 Å². The van der Waals surface area contributed by atoms with Crippen LogP contribution in [-0.4, -0.2) is 33.0 Å². The molecule has 0 bridgehead atoms. The molecule has 0 spiro atoms. The van der Waals surface area contributed by atoms with Crippen LogP contribution in [0.1, 0.15) is 23.1 Å². The van der Waals surface area contributed by atoms with Crippen LogP contribution < -0.4 is 5.73 Å². The fourth-order valence-corrected chi connectivity index (χ4v) is 2.61. The van der Waals surface area contributed by atoms with Crippen molar-refractivity contribution in [2.75, 3.05) is 26.9 Å². The van der Waals surface area contributed by atoms with E-state index in [0.717, 1.165) is 25.9 Å². The van der Waals surface area contributed by atoms with E-state index in [4.69, 9.17) is 15.2 Å². The van der Waals surface area contributed by atoms with Crippen LogP contribution in [0.4, 0.5) is 0 Å². The van der Waals surface area contributed by atoms with Crippen molar-refractivity contribution in [3.05, 3.63) is 21.9 Å². The number of nitrogens with two attached hydrogens (primary N) is 1. The van der Waals surface area contributed by atoms with Crippen LogP contribution in [-0.2, 0) is 22.3 Å². The Morgan fingerprint density at radius 3 is 2.65 bits per heavy atom. The monoisotopic (exact) mass is 257 g/mol. The SMILES string of the molecule is CCc1ccc(CC(N)CCOCCOC)s1. The van der Waals surface area contributed by atoms with Gasteiger partial charge in [0.05, 0.1) is 13.2 Å². The van der Waals surface area contributed by atoms with Gasteiger partial charge in [-0.3, -0.25) is 0 Å². The quantitative estimate of drug-likeness (QED) is 0.690. The molecule has 1 unspecified atom stereocenters. The van der Waals surface area contributed by atoms with Crippen molar-refractivity contribution in [2.24, 2.45) is 5.73 Å². The van der Waals surface area contributed by atoms with Gasteiger partial charge in [-0.1, -0.05) is 6.92 Å². The number of hydrogen-bond acceptors (Lipinski definition) is 4. The maximum atomic E-state index is 6.07. The third-order valence-electron chi connectivity index (χ3n) is 2.59. The molecule has 1 atom stereocenters. The molecule has 1 aromatic rings. The Kier molecular flexibility index (Phi) is 7.44. The lowest BCUT2D eigenvalue weighted by Crippen LogP contribution is -2.24. The summed E-state index contributed by atoms with van der Waals surface area (Å²) >= 11 is 1.87. The Balaban J connectivity index is 2.13. The molecule has 2 N–H and O–H groups in total. The third-order valence-corrected chi connectivity index (χ3v) is 3.85. The minimum Gasteiger partial charge on any atom is -0.382 e. The van der Waals surface area contributed by atoms with E-state index in [1.54, 1.807) is 7.11 Å². The smallest absolute Gasteiger partial charge is 0.0700 e. The molecule has 0 radical (unpaired) electrons. The topological polar surface area (TPSA) is 44.5 Å². The largest absolute Gasteiger partial charge is 0.382 e. The van der Waals surface area contributed by atoms with Gasteiger partial charge in [-0.25, -0.2) is 0 Å². The van der Waals surface area contributed by atoms with Crippen LogP contribution in [0.3, 0.4) is 0 Å². The number of ether oxygens (including phenoxy) is 2. The molecule has 0 aliphatic rings. The Morgan fingerprint density at radius 1 is 1.24 bits per heavy atom. The van der Waals surface area contributed by atoms with Gasteiger partial charge in [0.2, 0.25) is 0 Å². The second-order valence-electron chi connectivity index (χ2n) is 4.08. The lowest BCUT2D eigenvalue weighted by molar-refractivity contribution is 0.0672. The molecule has 0 saturated heterocycles. The van der Waals surface area contributed by atoms with E-state index in [2.05, 4.69) is 19.1 Å². The highest BCUT2D eigenvalue weighted by Gasteiger charge is 2.06. The van der Waals surface area contributed by atoms with E-state index in [-0.39, 0.29) is 6.04 Å². The number of aryl methyl sites for hydroxylation is 1. The summed E-state index contributed by atoms with van der Waals surface area (Å²) in [6, 6.07) is 4.58. The fourth-order valence-electron chi connectivity index (χ4n) is 1.56. The fraction of sp³-hybridized carbons (Fsp3) is 0.692. The zero-order valence-electron chi connectivity index (χ0n) is 10.8. The highest BCUT2D eigenvalue weighted by Crippen LogP contribution is 2.18. The molecule has 0 saturated carbocycles. The van der Waals surface area contributed by atoms with Gasteiger partial charge in [-0.05, 0) is 31.4 Å². The summed E-state index contributed by atoms with van der Waals surface area (Å²) in [6.45, 7) is 4.21. The zero-order valence-corrected chi connectivity index (χ0v) is 11.6. The van der Waals surface area contributed by atoms with Gasteiger partial charge in [0.1, 0.15) is 0 Å². The molecule has 0 aliphatic carbocycles. The number of thiophene rings is 1.